The third kappa shape index (κ3) is 3.90. The van der Waals surface area contributed by atoms with Gasteiger partial charge in [-0.1, -0.05) is 12.8 Å². The maximum atomic E-state index is 12.9. The van der Waals surface area contributed by atoms with E-state index in [2.05, 4.69) is 17.3 Å². The van der Waals surface area contributed by atoms with E-state index in [1.807, 2.05) is 23.6 Å². The number of nitrogens with zero attached hydrogens (tertiary/aromatic N) is 3. The second-order valence-corrected chi connectivity index (χ2v) is 7.67. The summed E-state index contributed by atoms with van der Waals surface area (Å²) in [6.45, 7) is 6.11. The topological polar surface area (TPSA) is 59.4 Å². The van der Waals surface area contributed by atoms with Crippen LogP contribution in [0, 0.1) is 19.8 Å². The number of fused-ring (bicyclic) bond motifs is 1. The van der Waals surface area contributed by atoms with E-state index < -0.39 is 0 Å². The van der Waals surface area contributed by atoms with Crippen molar-refractivity contribution in [2.45, 2.75) is 71.1 Å². The molecule has 0 spiro atoms. The molecule has 6 heteroatoms. The summed E-state index contributed by atoms with van der Waals surface area (Å²) in [5.74, 6) is 0.911. The van der Waals surface area contributed by atoms with E-state index in [1.54, 1.807) is 7.11 Å². The molecule has 6 nitrogen and oxygen atoms in total. The Morgan fingerprint density at radius 3 is 2.84 bits per heavy atom. The fraction of sp³-hybridized carbons (Fsp3) is 0.789. The van der Waals surface area contributed by atoms with Crippen LogP contribution in [0.1, 0.15) is 49.1 Å². The molecule has 1 aliphatic heterocycles. The van der Waals surface area contributed by atoms with Crippen molar-refractivity contribution in [2.75, 3.05) is 20.8 Å². The van der Waals surface area contributed by atoms with Crippen LogP contribution in [-0.2, 0) is 22.6 Å². The number of aromatic nitrogens is 2. The number of aryl methyl sites for hydroxylation is 1. The molecule has 25 heavy (non-hydrogen) atoms. The van der Waals surface area contributed by atoms with E-state index >= 15 is 0 Å². The van der Waals surface area contributed by atoms with Crippen LogP contribution in [0.4, 0.5) is 0 Å². The van der Waals surface area contributed by atoms with E-state index in [1.165, 1.54) is 25.7 Å². The molecule has 1 N–H and O–H groups in total. The average Bonchev–Trinajstić information content (AvgIpc) is 3.15. The third-order valence-corrected chi connectivity index (χ3v) is 5.97. The van der Waals surface area contributed by atoms with E-state index in [4.69, 9.17) is 4.74 Å². The quantitative estimate of drug-likeness (QED) is 0.854. The number of carbonyl (C=O) groups is 1. The minimum atomic E-state index is -0.0118. The Balaban J connectivity index is 1.63. The van der Waals surface area contributed by atoms with Gasteiger partial charge in [-0.05, 0) is 39.0 Å². The van der Waals surface area contributed by atoms with Crippen molar-refractivity contribution in [3.05, 3.63) is 17.0 Å². The Hall–Kier alpha value is -1.40. The zero-order valence-electron chi connectivity index (χ0n) is 16.0. The molecule has 2 aliphatic rings. The van der Waals surface area contributed by atoms with Crippen molar-refractivity contribution in [3.63, 3.8) is 0 Å². The number of hydrogen-bond acceptors (Lipinski definition) is 4. The number of hydrogen-bond donors (Lipinski definition) is 1. The number of likely N-dealkylation sites (N-methyl/N-ethyl adjacent to an activating group) is 1. The number of carbonyl (C=O) groups excluding carboxylic acids is 1. The van der Waals surface area contributed by atoms with Crippen molar-refractivity contribution in [1.29, 1.82) is 0 Å². The van der Waals surface area contributed by atoms with E-state index in [-0.39, 0.29) is 11.9 Å². The summed E-state index contributed by atoms with van der Waals surface area (Å²) in [5.41, 5.74) is 3.28. The van der Waals surface area contributed by atoms with Crippen LogP contribution in [0.25, 0.3) is 0 Å². The molecule has 140 valence electrons. The van der Waals surface area contributed by atoms with E-state index in [0.29, 0.717) is 25.1 Å². The van der Waals surface area contributed by atoms with Gasteiger partial charge < -0.3 is 15.0 Å². The van der Waals surface area contributed by atoms with Gasteiger partial charge in [0.05, 0.1) is 24.9 Å². The predicted molar refractivity (Wildman–Crippen MR) is 97.3 cm³/mol. The van der Waals surface area contributed by atoms with Crippen molar-refractivity contribution in [2.24, 2.45) is 5.92 Å². The number of nitrogens with one attached hydrogen (secondary N) is 1. The van der Waals surface area contributed by atoms with Gasteiger partial charge in [0, 0.05) is 38.0 Å². The molecule has 2 fully saturated rings. The van der Waals surface area contributed by atoms with Crippen LogP contribution in [0.15, 0.2) is 0 Å². The van der Waals surface area contributed by atoms with Crippen LogP contribution in [0.3, 0.4) is 0 Å². The zero-order valence-corrected chi connectivity index (χ0v) is 16.0. The Morgan fingerprint density at radius 1 is 1.36 bits per heavy atom. The highest BCUT2D eigenvalue weighted by Crippen LogP contribution is 2.33. The first kappa shape index (κ1) is 18.4. The van der Waals surface area contributed by atoms with Gasteiger partial charge in [-0.2, -0.15) is 5.10 Å². The molecule has 3 rings (SSSR count). The Morgan fingerprint density at radius 2 is 2.12 bits per heavy atom. The maximum absolute atomic E-state index is 12.9. The van der Waals surface area contributed by atoms with Gasteiger partial charge in [-0.3, -0.25) is 9.48 Å². The summed E-state index contributed by atoms with van der Waals surface area (Å²) in [4.78, 5) is 14.8. The van der Waals surface area contributed by atoms with Crippen LogP contribution >= 0.6 is 0 Å². The number of rotatable bonds is 6. The van der Waals surface area contributed by atoms with Gasteiger partial charge in [0.1, 0.15) is 0 Å². The molecule has 3 atom stereocenters. The fourth-order valence-corrected chi connectivity index (χ4v) is 4.45. The first-order valence-corrected chi connectivity index (χ1v) is 9.54. The normalized spacial score (nSPS) is 25.8. The molecule has 1 aromatic heterocycles. The lowest BCUT2D eigenvalue weighted by atomic mass is 9.85. The third-order valence-electron chi connectivity index (χ3n) is 5.97. The number of methoxy groups -OCH3 is 1. The zero-order chi connectivity index (χ0) is 18.0. The first-order chi connectivity index (χ1) is 12.0. The summed E-state index contributed by atoms with van der Waals surface area (Å²) in [7, 11) is 3.61. The van der Waals surface area contributed by atoms with Gasteiger partial charge in [-0.25, -0.2) is 0 Å². The highest BCUT2D eigenvalue weighted by Gasteiger charge is 2.39. The Bertz CT molecular complexity index is 599. The Kier molecular flexibility index (Phi) is 5.79. The van der Waals surface area contributed by atoms with Crippen LogP contribution in [0.2, 0.25) is 0 Å². The molecule has 0 unspecified atom stereocenters. The molecule has 1 saturated carbocycles. The van der Waals surface area contributed by atoms with Crippen LogP contribution < -0.4 is 5.32 Å². The van der Waals surface area contributed by atoms with Gasteiger partial charge >= 0.3 is 0 Å². The number of amides is 1. The van der Waals surface area contributed by atoms with Crippen molar-refractivity contribution in [1.82, 2.24) is 20.0 Å². The van der Waals surface area contributed by atoms with E-state index in [0.717, 1.165) is 29.9 Å². The molecular weight excluding hydrogens is 316 g/mol. The standard InChI is InChI=1S/C19H32N4O2/c1-13-16(14(2)23(21-13)9-10-25-4)12-22(3)19(24)18-11-15-7-5-6-8-17(15)20-18/h15,17-18,20H,5-12H2,1-4H3/t15-,17-,18+/m1/s1. The lowest BCUT2D eigenvalue weighted by Gasteiger charge is -2.24. The maximum Gasteiger partial charge on any atom is 0.239 e. The molecule has 0 bridgehead atoms. The fourth-order valence-electron chi connectivity index (χ4n) is 4.45. The molecule has 1 aliphatic carbocycles. The molecule has 0 radical (unpaired) electrons. The number of ether oxygens (including phenoxy) is 1. The molecule has 2 heterocycles. The molecule has 1 saturated heterocycles. The highest BCUT2D eigenvalue weighted by molar-refractivity contribution is 5.82. The van der Waals surface area contributed by atoms with Crippen LogP contribution in [-0.4, -0.2) is 53.4 Å². The smallest absolute Gasteiger partial charge is 0.239 e. The molecular formula is C19H32N4O2. The first-order valence-electron chi connectivity index (χ1n) is 9.54. The van der Waals surface area contributed by atoms with Gasteiger partial charge in [0.15, 0.2) is 0 Å². The minimum Gasteiger partial charge on any atom is -0.383 e. The van der Waals surface area contributed by atoms with Gasteiger partial charge in [0.2, 0.25) is 5.91 Å². The minimum absolute atomic E-state index is 0.0118. The molecule has 0 aromatic carbocycles. The average molecular weight is 348 g/mol. The van der Waals surface area contributed by atoms with Gasteiger partial charge in [-0.15, -0.1) is 0 Å². The summed E-state index contributed by atoms with van der Waals surface area (Å²) in [6, 6.07) is 0.540. The van der Waals surface area contributed by atoms with Crippen molar-refractivity contribution >= 4 is 5.91 Å². The Labute approximate surface area is 150 Å². The second-order valence-electron chi connectivity index (χ2n) is 7.67. The summed E-state index contributed by atoms with van der Waals surface area (Å²) < 4.78 is 7.13. The second kappa shape index (κ2) is 7.87. The van der Waals surface area contributed by atoms with Crippen LogP contribution in [0.5, 0.6) is 0 Å². The van der Waals surface area contributed by atoms with Crippen molar-refractivity contribution in [3.8, 4) is 0 Å². The van der Waals surface area contributed by atoms with E-state index in [9.17, 15) is 4.79 Å². The summed E-state index contributed by atoms with van der Waals surface area (Å²) in [5, 5.41) is 8.19. The SMILES string of the molecule is COCCn1nc(C)c(CN(C)C(=O)[C@@H]2C[C@H]3CCCC[C@H]3N2)c1C. The largest absolute Gasteiger partial charge is 0.383 e. The monoisotopic (exact) mass is 348 g/mol. The molecule has 1 aromatic rings. The van der Waals surface area contributed by atoms with Gasteiger partial charge in [0.25, 0.3) is 0 Å². The summed E-state index contributed by atoms with van der Waals surface area (Å²) in [6.07, 6.45) is 6.11. The summed E-state index contributed by atoms with van der Waals surface area (Å²) >= 11 is 0. The van der Waals surface area contributed by atoms with Crippen molar-refractivity contribution < 1.29 is 9.53 Å². The highest BCUT2D eigenvalue weighted by atomic mass is 16.5. The predicted octanol–water partition coefficient (Wildman–Crippen LogP) is 2.03. The lowest BCUT2D eigenvalue weighted by Crippen LogP contribution is -2.43. The lowest BCUT2D eigenvalue weighted by molar-refractivity contribution is -0.132. The molecule has 1 amide bonds.